The van der Waals surface area contributed by atoms with Crippen molar-refractivity contribution in [2.45, 2.75) is 39.2 Å². The lowest BCUT2D eigenvalue weighted by Gasteiger charge is -2.21. The Hall–Kier alpha value is -0.890. The number of rotatable bonds is 4. The molecule has 3 atom stereocenters. The highest BCUT2D eigenvalue weighted by Gasteiger charge is 2.38. The molecule has 1 aromatic heterocycles. The quantitative estimate of drug-likeness (QED) is 0.860. The van der Waals surface area contributed by atoms with Gasteiger partial charge in [0.05, 0.1) is 5.69 Å². The van der Waals surface area contributed by atoms with E-state index in [0.717, 1.165) is 30.0 Å². The third-order valence-corrected chi connectivity index (χ3v) is 4.54. The van der Waals surface area contributed by atoms with Crippen molar-refractivity contribution in [1.82, 2.24) is 10.3 Å². The van der Waals surface area contributed by atoms with E-state index in [1.165, 1.54) is 37.9 Å². The Kier molecular flexibility index (Phi) is 3.15. The third-order valence-electron chi connectivity index (χ3n) is 4.54. The van der Waals surface area contributed by atoms with Crippen LogP contribution in [0.2, 0.25) is 0 Å². The molecule has 3 rings (SSSR count). The Morgan fingerprint density at radius 3 is 2.94 bits per heavy atom. The van der Waals surface area contributed by atoms with Crippen LogP contribution in [0.1, 0.15) is 37.1 Å². The van der Waals surface area contributed by atoms with Gasteiger partial charge in [0, 0.05) is 12.2 Å². The molecule has 2 fully saturated rings. The molecule has 0 saturated heterocycles. The summed E-state index contributed by atoms with van der Waals surface area (Å²) < 4.78 is 0. The second-order valence-corrected chi connectivity index (χ2v) is 5.84. The highest BCUT2D eigenvalue weighted by molar-refractivity contribution is 5.09. The van der Waals surface area contributed by atoms with E-state index in [2.05, 4.69) is 35.4 Å². The molecule has 2 aliphatic rings. The van der Waals surface area contributed by atoms with Crippen LogP contribution in [0.25, 0.3) is 0 Å². The zero-order chi connectivity index (χ0) is 11.7. The van der Waals surface area contributed by atoms with E-state index in [0.29, 0.717) is 0 Å². The van der Waals surface area contributed by atoms with Gasteiger partial charge in [0.1, 0.15) is 0 Å². The molecule has 2 saturated carbocycles. The first kappa shape index (κ1) is 11.2. The fourth-order valence-electron chi connectivity index (χ4n) is 3.71. The summed E-state index contributed by atoms with van der Waals surface area (Å²) in [4.78, 5) is 4.52. The zero-order valence-corrected chi connectivity index (χ0v) is 10.7. The summed E-state index contributed by atoms with van der Waals surface area (Å²) in [5.41, 5.74) is 2.29. The third kappa shape index (κ3) is 2.52. The lowest BCUT2D eigenvalue weighted by Crippen LogP contribution is -2.26. The maximum Gasteiger partial charge on any atom is 0.0544 e. The fourth-order valence-corrected chi connectivity index (χ4v) is 3.71. The van der Waals surface area contributed by atoms with Gasteiger partial charge in [0.2, 0.25) is 0 Å². The number of aromatic nitrogens is 1. The van der Waals surface area contributed by atoms with Crippen molar-refractivity contribution in [3.8, 4) is 0 Å². The van der Waals surface area contributed by atoms with Crippen molar-refractivity contribution in [2.24, 2.45) is 17.8 Å². The largest absolute Gasteiger partial charge is 0.311 e. The van der Waals surface area contributed by atoms with Gasteiger partial charge in [-0.15, -0.1) is 0 Å². The molecule has 1 aromatic rings. The van der Waals surface area contributed by atoms with Crippen molar-refractivity contribution in [1.29, 1.82) is 0 Å². The minimum absolute atomic E-state index is 0.926. The second-order valence-electron chi connectivity index (χ2n) is 5.84. The SMILES string of the molecule is Cc1cccc(CNCC2CC3CCC2C3)n1. The molecule has 1 N–H and O–H groups in total. The van der Waals surface area contributed by atoms with Gasteiger partial charge in [-0.05, 0) is 62.6 Å². The van der Waals surface area contributed by atoms with E-state index in [-0.39, 0.29) is 0 Å². The van der Waals surface area contributed by atoms with E-state index in [4.69, 9.17) is 0 Å². The van der Waals surface area contributed by atoms with Gasteiger partial charge in [0.25, 0.3) is 0 Å². The summed E-state index contributed by atoms with van der Waals surface area (Å²) in [5.74, 6) is 3.03. The predicted octanol–water partition coefficient (Wildman–Crippen LogP) is 2.92. The van der Waals surface area contributed by atoms with Crippen LogP contribution < -0.4 is 5.32 Å². The molecule has 92 valence electrons. The normalized spacial score (nSPS) is 31.0. The minimum atomic E-state index is 0.926. The van der Waals surface area contributed by atoms with Crippen LogP contribution in [0.5, 0.6) is 0 Å². The van der Waals surface area contributed by atoms with Crippen LogP contribution >= 0.6 is 0 Å². The standard InChI is InChI=1S/C15H22N2/c1-11-3-2-4-15(17-11)10-16-9-14-8-12-5-6-13(14)7-12/h2-4,12-14,16H,5-10H2,1H3. The number of pyridine rings is 1. The summed E-state index contributed by atoms with van der Waals surface area (Å²) in [6.07, 6.45) is 5.97. The summed E-state index contributed by atoms with van der Waals surface area (Å²) >= 11 is 0. The van der Waals surface area contributed by atoms with Gasteiger partial charge in [-0.25, -0.2) is 0 Å². The fraction of sp³-hybridized carbons (Fsp3) is 0.667. The van der Waals surface area contributed by atoms with Crippen molar-refractivity contribution in [2.75, 3.05) is 6.54 Å². The first-order chi connectivity index (χ1) is 8.31. The molecule has 2 heteroatoms. The number of nitrogens with zero attached hydrogens (tertiary/aromatic N) is 1. The molecule has 2 nitrogen and oxygen atoms in total. The molecule has 2 aliphatic carbocycles. The van der Waals surface area contributed by atoms with Crippen LogP contribution in [0.4, 0.5) is 0 Å². The Morgan fingerprint density at radius 2 is 2.24 bits per heavy atom. The average Bonchev–Trinajstić information content (AvgIpc) is 2.91. The van der Waals surface area contributed by atoms with Crippen LogP contribution in [0, 0.1) is 24.7 Å². The van der Waals surface area contributed by atoms with Crippen LogP contribution in [-0.2, 0) is 6.54 Å². The van der Waals surface area contributed by atoms with E-state index >= 15 is 0 Å². The number of aryl methyl sites for hydroxylation is 1. The van der Waals surface area contributed by atoms with Crippen LogP contribution in [0.3, 0.4) is 0 Å². The monoisotopic (exact) mass is 230 g/mol. The number of nitrogens with one attached hydrogen (secondary N) is 1. The van der Waals surface area contributed by atoms with Crippen molar-refractivity contribution < 1.29 is 0 Å². The Bertz CT molecular complexity index is 388. The molecule has 1 heterocycles. The van der Waals surface area contributed by atoms with Gasteiger partial charge in [-0.3, -0.25) is 4.98 Å². The molecular formula is C15H22N2. The average molecular weight is 230 g/mol. The lowest BCUT2D eigenvalue weighted by atomic mass is 9.89. The van der Waals surface area contributed by atoms with Gasteiger partial charge >= 0.3 is 0 Å². The molecule has 0 aliphatic heterocycles. The molecule has 17 heavy (non-hydrogen) atoms. The molecule has 0 radical (unpaired) electrons. The molecular weight excluding hydrogens is 208 g/mol. The van der Waals surface area contributed by atoms with Crippen molar-refractivity contribution in [3.05, 3.63) is 29.6 Å². The Labute approximate surface area is 104 Å². The number of fused-ring (bicyclic) bond motifs is 2. The summed E-state index contributed by atoms with van der Waals surface area (Å²) in [5, 5.41) is 3.59. The highest BCUT2D eigenvalue weighted by atomic mass is 14.9. The first-order valence-electron chi connectivity index (χ1n) is 6.94. The summed E-state index contributed by atoms with van der Waals surface area (Å²) in [6.45, 7) is 4.17. The molecule has 0 amide bonds. The van der Waals surface area contributed by atoms with Gasteiger partial charge in [-0.1, -0.05) is 12.5 Å². The van der Waals surface area contributed by atoms with Gasteiger partial charge in [-0.2, -0.15) is 0 Å². The summed E-state index contributed by atoms with van der Waals surface area (Å²) in [6, 6.07) is 6.26. The van der Waals surface area contributed by atoms with E-state index in [1.807, 2.05) is 0 Å². The maximum absolute atomic E-state index is 4.52. The number of hydrogen-bond acceptors (Lipinski definition) is 2. The van der Waals surface area contributed by atoms with Crippen molar-refractivity contribution in [3.63, 3.8) is 0 Å². The van der Waals surface area contributed by atoms with E-state index in [9.17, 15) is 0 Å². The lowest BCUT2D eigenvalue weighted by molar-refractivity contribution is 0.318. The molecule has 0 spiro atoms. The predicted molar refractivity (Wildman–Crippen MR) is 69.6 cm³/mol. The van der Waals surface area contributed by atoms with Crippen LogP contribution in [-0.4, -0.2) is 11.5 Å². The smallest absolute Gasteiger partial charge is 0.0544 e. The topological polar surface area (TPSA) is 24.9 Å². The Balaban J connectivity index is 1.46. The second kappa shape index (κ2) is 4.77. The van der Waals surface area contributed by atoms with Crippen molar-refractivity contribution >= 4 is 0 Å². The highest BCUT2D eigenvalue weighted by Crippen LogP contribution is 2.47. The Morgan fingerprint density at radius 1 is 1.29 bits per heavy atom. The van der Waals surface area contributed by atoms with E-state index in [1.54, 1.807) is 0 Å². The molecule has 2 bridgehead atoms. The molecule has 0 aromatic carbocycles. The van der Waals surface area contributed by atoms with E-state index < -0.39 is 0 Å². The van der Waals surface area contributed by atoms with Gasteiger partial charge < -0.3 is 5.32 Å². The zero-order valence-electron chi connectivity index (χ0n) is 10.7. The minimum Gasteiger partial charge on any atom is -0.311 e. The van der Waals surface area contributed by atoms with Crippen LogP contribution in [0.15, 0.2) is 18.2 Å². The first-order valence-corrected chi connectivity index (χ1v) is 6.94. The molecule has 3 unspecified atom stereocenters. The maximum atomic E-state index is 4.52. The van der Waals surface area contributed by atoms with Gasteiger partial charge in [0.15, 0.2) is 0 Å². The summed E-state index contributed by atoms with van der Waals surface area (Å²) in [7, 11) is 0. The number of hydrogen-bond donors (Lipinski definition) is 1.